The van der Waals surface area contributed by atoms with Gasteiger partial charge in [-0.1, -0.05) is 39.0 Å². The number of ether oxygens (including phenoxy) is 1. The second-order valence-electron chi connectivity index (χ2n) is 5.43. The van der Waals surface area contributed by atoms with Crippen LogP contribution in [0.1, 0.15) is 51.9 Å². The van der Waals surface area contributed by atoms with E-state index in [0.29, 0.717) is 0 Å². The number of hydrogen-bond donors (Lipinski definition) is 4. The number of aliphatic hydroxyl groups is 4. The van der Waals surface area contributed by atoms with Crippen molar-refractivity contribution in [3.05, 3.63) is 11.8 Å². The molecule has 5 nitrogen and oxygen atoms in total. The maximum Gasteiger partial charge on any atom is 0.150 e. The molecule has 20 heavy (non-hydrogen) atoms. The molecule has 1 saturated heterocycles. The third-order valence-electron chi connectivity index (χ3n) is 3.72. The molecule has 0 aromatic heterocycles. The first-order valence-electron chi connectivity index (χ1n) is 7.63. The van der Waals surface area contributed by atoms with Crippen molar-refractivity contribution in [2.24, 2.45) is 0 Å². The molecule has 0 spiro atoms. The van der Waals surface area contributed by atoms with E-state index in [1.807, 2.05) is 0 Å². The quantitative estimate of drug-likeness (QED) is 0.502. The van der Waals surface area contributed by atoms with Crippen molar-refractivity contribution < 1.29 is 25.2 Å². The minimum Gasteiger partial charge on any atom is -0.487 e. The van der Waals surface area contributed by atoms with Gasteiger partial charge in [-0.15, -0.1) is 0 Å². The van der Waals surface area contributed by atoms with E-state index >= 15 is 0 Å². The Morgan fingerprint density at radius 3 is 2.30 bits per heavy atom. The van der Waals surface area contributed by atoms with Gasteiger partial charge < -0.3 is 25.2 Å². The van der Waals surface area contributed by atoms with Gasteiger partial charge in [0, 0.05) is 0 Å². The van der Waals surface area contributed by atoms with Crippen molar-refractivity contribution >= 4 is 0 Å². The summed E-state index contributed by atoms with van der Waals surface area (Å²) < 4.78 is 5.33. The highest BCUT2D eigenvalue weighted by Gasteiger charge is 2.40. The Hall–Kier alpha value is -0.620. The first-order valence-corrected chi connectivity index (χ1v) is 7.63. The zero-order valence-electron chi connectivity index (χ0n) is 12.2. The van der Waals surface area contributed by atoms with Crippen LogP contribution in [0, 0.1) is 0 Å². The van der Waals surface area contributed by atoms with Crippen molar-refractivity contribution in [2.75, 3.05) is 6.61 Å². The minimum atomic E-state index is -1.31. The van der Waals surface area contributed by atoms with E-state index in [0.717, 1.165) is 19.3 Å². The summed E-state index contributed by atoms with van der Waals surface area (Å²) in [7, 11) is 0. The summed E-state index contributed by atoms with van der Waals surface area (Å²) in [5.41, 5.74) is 0. The second kappa shape index (κ2) is 9.34. The summed E-state index contributed by atoms with van der Waals surface area (Å²) >= 11 is 0. The van der Waals surface area contributed by atoms with Crippen LogP contribution in [0.25, 0.3) is 0 Å². The van der Waals surface area contributed by atoms with Crippen LogP contribution >= 0.6 is 0 Å². The third-order valence-corrected chi connectivity index (χ3v) is 3.72. The maximum atomic E-state index is 9.81. The van der Waals surface area contributed by atoms with Crippen molar-refractivity contribution in [2.45, 2.75) is 76.3 Å². The molecule has 0 amide bonds. The molecule has 4 atom stereocenters. The Kier molecular flexibility index (Phi) is 8.14. The van der Waals surface area contributed by atoms with Crippen LogP contribution < -0.4 is 0 Å². The summed E-state index contributed by atoms with van der Waals surface area (Å²) in [6.07, 6.45) is 4.96. The number of allylic oxidation sites excluding steroid dienone is 1. The Morgan fingerprint density at radius 2 is 1.65 bits per heavy atom. The molecule has 1 rings (SSSR count). The van der Waals surface area contributed by atoms with Crippen LogP contribution in [-0.4, -0.2) is 51.4 Å². The van der Waals surface area contributed by atoms with Crippen molar-refractivity contribution in [1.82, 2.24) is 0 Å². The molecule has 1 aliphatic rings. The molecule has 0 aliphatic carbocycles. The molecule has 0 bridgehead atoms. The molecule has 1 heterocycles. The van der Waals surface area contributed by atoms with Crippen LogP contribution in [0.2, 0.25) is 0 Å². The highest BCUT2D eigenvalue weighted by molar-refractivity contribution is 5.09. The second-order valence-corrected chi connectivity index (χ2v) is 5.43. The van der Waals surface area contributed by atoms with Crippen LogP contribution in [0.15, 0.2) is 11.8 Å². The first kappa shape index (κ1) is 17.4. The number of hydrogen-bond acceptors (Lipinski definition) is 5. The van der Waals surface area contributed by atoms with Gasteiger partial charge in [-0.2, -0.15) is 0 Å². The van der Waals surface area contributed by atoms with E-state index in [2.05, 4.69) is 6.92 Å². The largest absolute Gasteiger partial charge is 0.487 e. The summed E-state index contributed by atoms with van der Waals surface area (Å²) in [6.45, 7) is 1.79. The molecule has 0 unspecified atom stereocenters. The van der Waals surface area contributed by atoms with Crippen molar-refractivity contribution in [3.63, 3.8) is 0 Å². The molecule has 4 N–H and O–H groups in total. The summed E-state index contributed by atoms with van der Waals surface area (Å²) in [4.78, 5) is 0. The molecule has 0 radical (unpaired) electrons. The molecule has 5 heteroatoms. The summed E-state index contributed by atoms with van der Waals surface area (Å²) in [5.74, 6) is 0.260. The monoisotopic (exact) mass is 288 g/mol. The maximum absolute atomic E-state index is 9.81. The van der Waals surface area contributed by atoms with Crippen LogP contribution in [0.3, 0.4) is 0 Å². The Morgan fingerprint density at radius 1 is 1.00 bits per heavy atom. The third kappa shape index (κ3) is 5.05. The standard InChI is InChI=1S/C15H28O5/c1-2-3-4-5-6-7-8-9-11-13(17)15(19)14(18)12(10-16)20-11/h9,12-19H,2-8,10H2,1H3/b11-9+/t12-,13+,14-,15-/m1/s1. The van der Waals surface area contributed by atoms with E-state index < -0.39 is 24.4 Å². The van der Waals surface area contributed by atoms with Gasteiger partial charge in [0.25, 0.3) is 0 Å². The average Bonchev–Trinajstić information content (AvgIpc) is 2.46. The predicted octanol–water partition coefficient (Wildman–Crippen LogP) is 1.09. The minimum absolute atomic E-state index is 0.260. The van der Waals surface area contributed by atoms with Gasteiger partial charge in [0.15, 0.2) is 0 Å². The molecule has 0 aromatic rings. The smallest absolute Gasteiger partial charge is 0.150 e. The predicted molar refractivity (Wildman–Crippen MR) is 76.1 cm³/mol. The van der Waals surface area contributed by atoms with Crippen molar-refractivity contribution in [1.29, 1.82) is 0 Å². The molecule has 0 saturated carbocycles. The highest BCUT2D eigenvalue weighted by atomic mass is 16.5. The van der Waals surface area contributed by atoms with E-state index in [-0.39, 0.29) is 12.4 Å². The zero-order valence-corrected chi connectivity index (χ0v) is 12.2. The fourth-order valence-corrected chi connectivity index (χ4v) is 2.37. The van der Waals surface area contributed by atoms with Gasteiger partial charge >= 0.3 is 0 Å². The van der Waals surface area contributed by atoms with Crippen LogP contribution in [0.5, 0.6) is 0 Å². The van der Waals surface area contributed by atoms with Gasteiger partial charge in [0.1, 0.15) is 30.2 Å². The molecule has 1 fully saturated rings. The van der Waals surface area contributed by atoms with Gasteiger partial charge in [-0.05, 0) is 18.9 Å². The Bertz CT molecular complexity index is 290. The van der Waals surface area contributed by atoms with Gasteiger partial charge in [0.05, 0.1) is 6.61 Å². The lowest BCUT2D eigenvalue weighted by atomic mass is 9.97. The SMILES string of the molecule is CCCCCCCC/C=C1/O[C@H](CO)[C@@H](O)[C@H](O)[C@H]1O. The molecular formula is C15H28O5. The molecule has 118 valence electrons. The Balaban J connectivity index is 2.34. The lowest BCUT2D eigenvalue weighted by Crippen LogP contribution is -2.53. The molecular weight excluding hydrogens is 260 g/mol. The van der Waals surface area contributed by atoms with E-state index in [1.54, 1.807) is 6.08 Å². The fraction of sp³-hybridized carbons (Fsp3) is 0.867. The fourth-order valence-electron chi connectivity index (χ4n) is 2.37. The van der Waals surface area contributed by atoms with Crippen LogP contribution in [0.4, 0.5) is 0 Å². The topological polar surface area (TPSA) is 90.2 Å². The summed E-state index contributed by atoms with van der Waals surface area (Å²) in [6, 6.07) is 0. The van der Waals surface area contributed by atoms with E-state index in [1.165, 1.54) is 25.7 Å². The lowest BCUT2D eigenvalue weighted by molar-refractivity contribution is -0.165. The van der Waals surface area contributed by atoms with Crippen LogP contribution in [-0.2, 0) is 4.74 Å². The normalized spacial score (nSPS) is 32.4. The van der Waals surface area contributed by atoms with Gasteiger partial charge in [-0.25, -0.2) is 0 Å². The Labute approximate surface area is 120 Å². The number of unbranched alkanes of at least 4 members (excludes halogenated alkanes) is 6. The molecule has 1 aliphatic heterocycles. The number of rotatable bonds is 8. The van der Waals surface area contributed by atoms with Gasteiger partial charge in [0.2, 0.25) is 0 Å². The summed E-state index contributed by atoms with van der Waals surface area (Å²) in [5, 5.41) is 38.2. The highest BCUT2D eigenvalue weighted by Crippen LogP contribution is 2.24. The number of aliphatic hydroxyl groups excluding tert-OH is 4. The molecule has 0 aromatic carbocycles. The average molecular weight is 288 g/mol. The van der Waals surface area contributed by atoms with E-state index in [9.17, 15) is 15.3 Å². The first-order chi connectivity index (χ1) is 9.61. The zero-order chi connectivity index (χ0) is 15.0. The lowest BCUT2D eigenvalue weighted by Gasteiger charge is -2.36. The van der Waals surface area contributed by atoms with Gasteiger partial charge in [-0.3, -0.25) is 0 Å². The van der Waals surface area contributed by atoms with Crippen molar-refractivity contribution in [3.8, 4) is 0 Å². The van der Waals surface area contributed by atoms with E-state index in [4.69, 9.17) is 9.84 Å².